The zero-order valence-electron chi connectivity index (χ0n) is 63.5. The number of aliphatic hydroxyl groups excluding tert-OH is 3. The van der Waals surface area contributed by atoms with Crippen LogP contribution in [0, 0.1) is 0 Å². The van der Waals surface area contributed by atoms with Crippen molar-refractivity contribution in [1.82, 2.24) is 26.2 Å². The summed E-state index contributed by atoms with van der Waals surface area (Å²) in [7, 11) is 2.13. The second-order valence-electron chi connectivity index (χ2n) is 26.3. The molecule has 23 nitrogen and oxygen atoms in total. The number of nitrogens with one attached hydrogen (secondary N) is 4. The molecule has 1 fully saturated rings. The number of hydrogen-bond acceptors (Lipinski definition) is 19. The van der Waals surface area contributed by atoms with Gasteiger partial charge in [0.2, 0.25) is 23.6 Å². The lowest BCUT2D eigenvalue weighted by molar-refractivity contribution is -0.180. The summed E-state index contributed by atoms with van der Waals surface area (Å²) in [5.41, 5.74) is -1.27. The number of carbonyl (C=O) groups is 4. The largest absolute Gasteiger partial charge is 0.394 e. The molecule has 1 heterocycles. The second-order valence-corrected chi connectivity index (χ2v) is 26.3. The number of ether oxygens (including phenoxy) is 11. The predicted molar refractivity (Wildman–Crippen MR) is 400 cm³/mol. The van der Waals surface area contributed by atoms with E-state index in [9.17, 15) is 19.2 Å². The van der Waals surface area contributed by atoms with Crippen LogP contribution in [0.15, 0.2) is 48.6 Å². The van der Waals surface area contributed by atoms with Crippen molar-refractivity contribution in [2.24, 2.45) is 0 Å². The Morgan fingerprint density at radius 2 is 0.772 bits per heavy atom. The number of amides is 4. The Morgan fingerprint density at radius 1 is 0.416 bits per heavy atom. The third kappa shape index (κ3) is 63.3. The van der Waals surface area contributed by atoms with E-state index in [1.807, 2.05) is 0 Å². The van der Waals surface area contributed by atoms with Gasteiger partial charge < -0.3 is 93.6 Å². The molecule has 0 aliphatic carbocycles. The number of aliphatic hydroxyl groups is 3. The number of rotatable bonds is 78. The van der Waals surface area contributed by atoms with Crippen molar-refractivity contribution in [2.45, 2.75) is 243 Å². The molecule has 0 bridgehead atoms. The summed E-state index contributed by atoms with van der Waals surface area (Å²) in [5.74, 6) is -1.56. The maximum absolute atomic E-state index is 14.1. The van der Waals surface area contributed by atoms with E-state index in [2.05, 4.69) is 95.7 Å². The fourth-order valence-electron chi connectivity index (χ4n) is 11.2. The molecule has 0 aromatic carbocycles. The first-order chi connectivity index (χ1) is 49.6. The minimum Gasteiger partial charge on any atom is -0.394 e. The van der Waals surface area contributed by atoms with Crippen LogP contribution in [0.1, 0.15) is 226 Å². The van der Waals surface area contributed by atoms with Gasteiger partial charge in [0, 0.05) is 64.7 Å². The van der Waals surface area contributed by atoms with Crippen LogP contribution in [0.4, 0.5) is 0 Å². The molecular weight excluding hydrogens is 1290 g/mol. The van der Waals surface area contributed by atoms with Crippen molar-refractivity contribution in [3.63, 3.8) is 0 Å². The first kappa shape index (κ1) is 95.3. The van der Waals surface area contributed by atoms with E-state index in [-0.39, 0.29) is 174 Å². The Labute approximate surface area is 610 Å². The minimum absolute atomic E-state index is 0.00937. The second kappa shape index (κ2) is 73.2. The van der Waals surface area contributed by atoms with Crippen molar-refractivity contribution < 1.29 is 86.6 Å². The zero-order valence-corrected chi connectivity index (χ0v) is 63.5. The van der Waals surface area contributed by atoms with Gasteiger partial charge in [0.1, 0.15) is 5.54 Å². The van der Waals surface area contributed by atoms with Crippen LogP contribution in [0.2, 0.25) is 0 Å². The molecule has 23 heteroatoms. The highest BCUT2D eigenvalue weighted by molar-refractivity contribution is 5.77. The van der Waals surface area contributed by atoms with Crippen LogP contribution in [0.25, 0.3) is 0 Å². The lowest BCUT2D eigenvalue weighted by Crippen LogP contribution is -2.58. The van der Waals surface area contributed by atoms with Crippen LogP contribution < -0.4 is 21.3 Å². The van der Waals surface area contributed by atoms with E-state index in [0.717, 1.165) is 77.3 Å². The van der Waals surface area contributed by atoms with E-state index < -0.39 is 11.3 Å². The topological polar surface area (TPSA) is 282 Å². The standard InChI is InChI=1S/C78H145N5O18/c1-4-6-8-10-12-14-16-18-20-22-24-26-28-30-32-36-43-78(44-37-33-31-29-27-25-23-21-19-17-15-13-11-9-7-5-2)100-68-72(101-78)67-83(3)48-38-34-35-39-76(90)82-77(69-97-52-40-73(87)79-45-55-91-61-64-94-58-49-84,70-98-53-41-74(88)80-46-56-92-62-65-95-59-50-85)71-99-54-42-75(89)81-47-57-93-63-66-96-60-51-86/h12-15,18-21,72,84-86H,4-11,16-17,22-71H2,1-3H3,(H,79,87)(H,80,88)(H,81,89)(H,82,90)/b14-12-,15-13-,20-18-,21-19-/t72-/m0/s1. The molecule has 7 N–H and O–H groups in total. The number of carbonyl (C=O) groups excluding carboxylic acids is 4. The molecule has 0 unspecified atom stereocenters. The van der Waals surface area contributed by atoms with Gasteiger partial charge in [-0.05, 0) is 103 Å². The van der Waals surface area contributed by atoms with Gasteiger partial charge in [-0.1, -0.05) is 146 Å². The Morgan fingerprint density at radius 3 is 1.16 bits per heavy atom. The molecule has 4 amide bonds. The highest BCUT2D eigenvalue weighted by atomic mass is 16.7. The van der Waals surface area contributed by atoms with Gasteiger partial charge in [0.15, 0.2) is 5.79 Å². The van der Waals surface area contributed by atoms with Crippen molar-refractivity contribution >= 4 is 23.6 Å². The lowest BCUT2D eigenvalue weighted by atomic mass is 9.98. The van der Waals surface area contributed by atoms with Crippen LogP contribution >= 0.6 is 0 Å². The molecule has 1 atom stereocenters. The van der Waals surface area contributed by atoms with Crippen LogP contribution in [0.5, 0.6) is 0 Å². The Kier molecular flexibility index (Phi) is 69.0. The van der Waals surface area contributed by atoms with Crippen LogP contribution in [0.3, 0.4) is 0 Å². The Hall–Kier alpha value is -3.76. The molecule has 0 radical (unpaired) electrons. The third-order valence-electron chi connectivity index (χ3n) is 16.9. The van der Waals surface area contributed by atoms with Crippen molar-refractivity contribution in [3.8, 4) is 0 Å². The van der Waals surface area contributed by atoms with Crippen molar-refractivity contribution in [1.29, 1.82) is 0 Å². The van der Waals surface area contributed by atoms with E-state index in [1.165, 1.54) is 116 Å². The number of unbranched alkanes of at least 4 members (excludes halogenated alkanes) is 20. The van der Waals surface area contributed by atoms with E-state index in [1.54, 1.807) is 0 Å². The molecule has 590 valence electrons. The molecule has 0 saturated carbocycles. The monoisotopic (exact) mass is 1440 g/mol. The van der Waals surface area contributed by atoms with Gasteiger partial charge in [0.25, 0.3) is 0 Å². The summed E-state index contributed by atoms with van der Waals surface area (Å²) in [6.07, 6.45) is 52.1. The van der Waals surface area contributed by atoms with Crippen molar-refractivity contribution in [3.05, 3.63) is 48.6 Å². The SMILES string of the molecule is CCCCC/C=C\C/C=C\CCCCCCCCC1(CCCCCCCC/C=C\C/C=C\CCCCC)OC[C@H](CN(C)CCCCCC(=O)NC(COCCC(=O)NCCOCCOCCO)(COCCC(=O)NCCOCCOCCO)COCCC(=O)NCCOCCOCCO)O1. The van der Waals surface area contributed by atoms with Crippen LogP contribution in [-0.4, -0.2) is 246 Å². The van der Waals surface area contributed by atoms with Gasteiger partial charge in [-0.25, -0.2) is 0 Å². The third-order valence-corrected chi connectivity index (χ3v) is 16.9. The van der Waals surface area contributed by atoms with Crippen LogP contribution in [-0.2, 0) is 71.3 Å². The van der Waals surface area contributed by atoms with E-state index in [0.29, 0.717) is 52.7 Å². The summed E-state index contributed by atoms with van der Waals surface area (Å²) in [6, 6.07) is 0. The fourth-order valence-corrected chi connectivity index (χ4v) is 11.2. The molecule has 1 rings (SSSR count). The van der Waals surface area contributed by atoms with E-state index in [4.69, 9.17) is 67.4 Å². The maximum atomic E-state index is 14.1. The molecular formula is C78H145N5O18. The lowest BCUT2D eigenvalue weighted by Gasteiger charge is -2.34. The first-order valence-electron chi connectivity index (χ1n) is 39.3. The van der Waals surface area contributed by atoms with Gasteiger partial charge in [-0.2, -0.15) is 0 Å². The highest BCUT2D eigenvalue weighted by Crippen LogP contribution is 2.35. The zero-order chi connectivity index (χ0) is 73.2. The minimum atomic E-state index is -1.27. The average Bonchev–Trinajstić information content (AvgIpc) is 1.84. The van der Waals surface area contributed by atoms with Gasteiger partial charge in [0.05, 0.1) is 151 Å². The summed E-state index contributed by atoms with van der Waals surface area (Å²) in [6.45, 7) is 10.5. The number of nitrogens with zero attached hydrogens (tertiary/aromatic N) is 1. The highest BCUT2D eigenvalue weighted by Gasteiger charge is 2.41. The fraction of sp³-hybridized carbons (Fsp3) is 0.846. The number of likely N-dealkylation sites (N-methyl/N-ethyl adjacent to an activating group) is 1. The smallest absolute Gasteiger partial charge is 0.222 e. The van der Waals surface area contributed by atoms with Gasteiger partial charge >= 0.3 is 0 Å². The average molecular weight is 1440 g/mol. The molecule has 0 aromatic rings. The molecule has 0 spiro atoms. The summed E-state index contributed by atoms with van der Waals surface area (Å²) in [4.78, 5) is 54.8. The summed E-state index contributed by atoms with van der Waals surface area (Å²) >= 11 is 0. The quantitative estimate of drug-likeness (QED) is 0.0220. The normalized spacial score (nSPS) is 14.1. The number of allylic oxidation sites excluding steroid dienone is 8. The Bertz CT molecular complexity index is 1860. The molecule has 101 heavy (non-hydrogen) atoms. The summed E-state index contributed by atoms with van der Waals surface area (Å²) < 4.78 is 64.1. The van der Waals surface area contributed by atoms with E-state index >= 15 is 0 Å². The molecule has 0 aromatic heterocycles. The van der Waals surface area contributed by atoms with Gasteiger partial charge in [-0.3, -0.25) is 19.2 Å². The maximum Gasteiger partial charge on any atom is 0.222 e. The van der Waals surface area contributed by atoms with Crippen molar-refractivity contribution in [2.75, 3.05) is 185 Å². The predicted octanol–water partition coefficient (Wildman–Crippen LogP) is 10.5. The first-order valence-corrected chi connectivity index (χ1v) is 39.3. The van der Waals surface area contributed by atoms with Gasteiger partial charge in [-0.15, -0.1) is 0 Å². The molecule has 1 aliphatic heterocycles. The molecule has 1 aliphatic rings. The number of hydrogen-bond donors (Lipinski definition) is 7. The molecule has 1 saturated heterocycles. The Balaban J connectivity index is 2.97. The summed E-state index contributed by atoms with van der Waals surface area (Å²) in [5, 5.41) is 38.3.